The van der Waals surface area contributed by atoms with Gasteiger partial charge in [0.1, 0.15) is 0 Å². The Morgan fingerprint density at radius 2 is 1.86 bits per heavy atom. The first-order valence-electron chi connectivity index (χ1n) is 6.01. The Morgan fingerprint density at radius 3 is 2.36 bits per heavy atom. The summed E-state index contributed by atoms with van der Waals surface area (Å²) in [5, 5.41) is 9.42. The lowest BCUT2D eigenvalue weighted by atomic mass is 9.91. The molecule has 0 radical (unpaired) electrons. The molecule has 0 aromatic heterocycles. The molecule has 0 aromatic rings. The molecule has 0 heterocycles. The zero-order valence-corrected chi connectivity index (χ0v) is 9.87. The summed E-state index contributed by atoms with van der Waals surface area (Å²) < 4.78 is 0. The third-order valence-corrected chi connectivity index (χ3v) is 3.59. The van der Waals surface area contributed by atoms with Crippen molar-refractivity contribution in [2.45, 2.75) is 58.1 Å². The zero-order valence-electron chi connectivity index (χ0n) is 9.87. The summed E-state index contributed by atoms with van der Waals surface area (Å²) in [5.74, 6) is 0.798. The van der Waals surface area contributed by atoms with E-state index in [1.807, 2.05) is 0 Å². The normalized spacial score (nSPS) is 30.6. The van der Waals surface area contributed by atoms with Crippen LogP contribution in [0.4, 0.5) is 0 Å². The van der Waals surface area contributed by atoms with E-state index in [0.29, 0.717) is 6.04 Å². The van der Waals surface area contributed by atoms with Crippen molar-refractivity contribution in [3.8, 4) is 0 Å². The van der Waals surface area contributed by atoms with E-state index in [1.165, 1.54) is 25.8 Å². The minimum absolute atomic E-state index is 0.0248. The summed E-state index contributed by atoms with van der Waals surface area (Å²) in [7, 11) is 2.23. The Bertz CT molecular complexity index is 152. The van der Waals surface area contributed by atoms with Gasteiger partial charge in [-0.3, -0.25) is 0 Å². The minimum atomic E-state index is -0.0248. The van der Waals surface area contributed by atoms with Crippen LogP contribution in [0.25, 0.3) is 0 Å². The minimum Gasteiger partial charge on any atom is -0.393 e. The molecule has 14 heavy (non-hydrogen) atoms. The second-order valence-electron chi connectivity index (χ2n) is 4.92. The zero-order chi connectivity index (χ0) is 10.6. The van der Waals surface area contributed by atoms with Gasteiger partial charge in [0.25, 0.3) is 0 Å². The van der Waals surface area contributed by atoms with Crippen molar-refractivity contribution < 1.29 is 5.11 Å². The summed E-state index contributed by atoms with van der Waals surface area (Å²) in [6.45, 7) is 5.77. The van der Waals surface area contributed by atoms with Crippen LogP contribution in [0, 0.1) is 5.92 Å². The molecule has 1 rings (SSSR count). The Kier molecular flexibility index (Phi) is 4.90. The molecule has 84 valence electrons. The van der Waals surface area contributed by atoms with Gasteiger partial charge >= 0.3 is 0 Å². The number of hydrogen-bond acceptors (Lipinski definition) is 2. The van der Waals surface area contributed by atoms with Gasteiger partial charge in [0, 0.05) is 12.6 Å². The van der Waals surface area contributed by atoms with E-state index in [2.05, 4.69) is 25.8 Å². The van der Waals surface area contributed by atoms with Crippen LogP contribution in [0.3, 0.4) is 0 Å². The third-order valence-electron chi connectivity index (χ3n) is 3.59. The smallest absolute Gasteiger partial charge is 0.0541 e. The van der Waals surface area contributed by atoms with E-state index in [-0.39, 0.29) is 6.10 Å². The molecule has 2 heteroatoms. The topological polar surface area (TPSA) is 23.5 Å². The van der Waals surface area contributed by atoms with Crippen molar-refractivity contribution in [1.82, 2.24) is 4.90 Å². The molecule has 1 saturated carbocycles. The van der Waals surface area contributed by atoms with Crippen LogP contribution < -0.4 is 0 Å². The van der Waals surface area contributed by atoms with Crippen LogP contribution in [-0.2, 0) is 0 Å². The first-order valence-corrected chi connectivity index (χ1v) is 6.01. The predicted octanol–water partition coefficient (Wildman–Crippen LogP) is 2.27. The lowest BCUT2D eigenvalue weighted by Gasteiger charge is -2.34. The van der Waals surface area contributed by atoms with Crippen LogP contribution in [0.5, 0.6) is 0 Å². The Morgan fingerprint density at radius 1 is 1.29 bits per heavy atom. The first-order chi connectivity index (χ1) is 6.63. The molecule has 0 aliphatic heterocycles. The molecule has 0 saturated heterocycles. The molecule has 1 aliphatic rings. The van der Waals surface area contributed by atoms with Crippen molar-refractivity contribution >= 4 is 0 Å². The summed E-state index contributed by atoms with van der Waals surface area (Å²) >= 11 is 0. The molecular weight excluding hydrogens is 174 g/mol. The van der Waals surface area contributed by atoms with Gasteiger partial charge in [-0.2, -0.15) is 0 Å². The summed E-state index contributed by atoms with van der Waals surface area (Å²) in [5.41, 5.74) is 0. The van der Waals surface area contributed by atoms with Crippen LogP contribution in [0.2, 0.25) is 0 Å². The van der Waals surface area contributed by atoms with E-state index in [4.69, 9.17) is 0 Å². The fourth-order valence-electron chi connectivity index (χ4n) is 2.27. The number of hydrogen-bond donors (Lipinski definition) is 1. The number of rotatable bonds is 4. The molecule has 0 aromatic carbocycles. The maximum atomic E-state index is 9.42. The van der Waals surface area contributed by atoms with Gasteiger partial charge in [0.2, 0.25) is 0 Å². The third kappa shape index (κ3) is 3.58. The van der Waals surface area contributed by atoms with Crippen LogP contribution in [0.15, 0.2) is 0 Å². The first kappa shape index (κ1) is 12.0. The average molecular weight is 199 g/mol. The fraction of sp³-hybridized carbons (Fsp3) is 1.00. The molecule has 1 N–H and O–H groups in total. The largest absolute Gasteiger partial charge is 0.393 e. The van der Waals surface area contributed by atoms with Crippen LogP contribution >= 0.6 is 0 Å². The van der Waals surface area contributed by atoms with Crippen LogP contribution in [-0.4, -0.2) is 35.7 Å². The highest BCUT2D eigenvalue weighted by Crippen LogP contribution is 2.22. The second-order valence-corrected chi connectivity index (χ2v) is 4.92. The van der Waals surface area contributed by atoms with Gasteiger partial charge in [-0.15, -0.1) is 0 Å². The molecule has 1 atom stereocenters. The lowest BCUT2D eigenvalue weighted by Crippen LogP contribution is -2.38. The molecule has 0 spiro atoms. The van der Waals surface area contributed by atoms with E-state index < -0.39 is 0 Å². The molecule has 0 unspecified atom stereocenters. The molecule has 2 nitrogen and oxygen atoms in total. The number of nitrogens with zero attached hydrogens (tertiary/aromatic N) is 1. The highest BCUT2D eigenvalue weighted by molar-refractivity contribution is 4.78. The average Bonchev–Trinajstić information content (AvgIpc) is 2.18. The van der Waals surface area contributed by atoms with Crippen molar-refractivity contribution in [2.24, 2.45) is 5.92 Å². The number of aliphatic hydroxyl groups excluding tert-OH is 1. The Hall–Kier alpha value is -0.0800. The molecule has 1 aliphatic carbocycles. The number of aliphatic hydroxyl groups is 1. The van der Waals surface area contributed by atoms with E-state index in [1.54, 1.807) is 0 Å². The standard InChI is InChI=1S/C12H25NO/c1-4-10(2)9-13(3)11-5-7-12(14)8-6-11/h10-12,14H,4-9H2,1-3H3/t10-,11-,12-/m0/s1. The van der Waals surface area contributed by atoms with Crippen molar-refractivity contribution in [3.63, 3.8) is 0 Å². The maximum Gasteiger partial charge on any atom is 0.0541 e. The van der Waals surface area contributed by atoms with Gasteiger partial charge in [0.15, 0.2) is 0 Å². The van der Waals surface area contributed by atoms with E-state index in [0.717, 1.165) is 18.8 Å². The van der Waals surface area contributed by atoms with E-state index in [9.17, 15) is 5.11 Å². The van der Waals surface area contributed by atoms with Gasteiger partial charge in [-0.05, 0) is 38.6 Å². The lowest BCUT2D eigenvalue weighted by molar-refractivity contribution is 0.0790. The van der Waals surface area contributed by atoms with Gasteiger partial charge < -0.3 is 10.0 Å². The van der Waals surface area contributed by atoms with Crippen molar-refractivity contribution in [2.75, 3.05) is 13.6 Å². The molecule has 1 fully saturated rings. The van der Waals surface area contributed by atoms with Crippen molar-refractivity contribution in [1.29, 1.82) is 0 Å². The summed E-state index contributed by atoms with van der Waals surface area (Å²) in [6.07, 6.45) is 5.58. The van der Waals surface area contributed by atoms with Crippen molar-refractivity contribution in [3.05, 3.63) is 0 Å². The SMILES string of the molecule is CC[C@H](C)CN(C)[C@H]1CC[C@H](O)CC1. The fourth-order valence-corrected chi connectivity index (χ4v) is 2.27. The summed E-state index contributed by atoms with van der Waals surface area (Å²) in [6, 6.07) is 0.715. The van der Waals surface area contributed by atoms with E-state index >= 15 is 0 Å². The molecule has 0 bridgehead atoms. The van der Waals surface area contributed by atoms with Gasteiger partial charge in [-0.25, -0.2) is 0 Å². The molecular formula is C12H25NO. The Balaban J connectivity index is 2.26. The maximum absolute atomic E-state index is 9.42. The predicted molar refractivity (Wildman–Crippen MR) is 60.3 cm³/mol. The van der Waals surface area contributed by atoms with Gasteiger partial charge in [0.05, 0.1) is 6.10 Å². The quantitative estimate of drug-likeness (QED) is 0.751. The second kappa shape index (κ2) is 5.72. The highest BCUT2D eigenvalue weighted by atomic mass is 16.3. The monoisotopic (exact) mass is 199 g/mol. The highest BCUT2D eigenvalue weighted by Gasteiger charge is 2.22. The van der Waals surface area contributed by atoms with Gasteiger partial charge in [-0.1, -0.05) is 20.3 Å². The Labute approximate surface area is 88.3 Å². The van der Waals surface area contributed by atoms with Crippen LogP contribution in [0.1, 0.15) is 46.0 Å². The molecule has 0 amide bonds. The summed E-state index contributed by atoms with van der Waals surface area (Å²) in [4.78, 5) is 2.49.